The molecule has 0 aliphatic carbocycles. The number of aliphatic hydroxyl groups is 1. The van der Waals surface area contributed by atoms with Crippen molar-refractivity contribution >= 4 is 5.91 Å². The van der Waals surface area contributed by atoms with E-state index in [0.29, 0.717) is 13.1 Å². The maximum absolute atomic E-state index is 12.9. The maximum Gasteiger partial charge on any atom is 0.244 e. The van der Waals surface area contributed by atoms with E-state index in [1.54, 1.807) is 0 Å². The highest BCUT2D eigenvalue weighted by molar-refractivity contribution is 5.76. The van der Waals surface area contributed by atoms with Crippen molar-refractivity contribution in [3.63, 3.8) is 0 Å². The second kappa shape index (κ2) is 8.31. The number of piperidine rings is 2. The third-order valence-corrected chi connectivity index (χ3v) is 7.18. The number of aromatic nitrogens is 2. The van der Waals surface area contributed by atoms with Gasteiger partial charge >= 0.3 is 0 Å². The Morgan fingerprint density at radius 2 is 1.85 bits per heavy atom. The highest BCUT2D eigenvalue weighted by atomic mass is 16.3. The molecule has 2 aliphatic rings. The number of aliphatic hydroxyl groups excluding tert-OH is 1. The van der Waals surface area contributed by atoms with Crippen LogP contribution in [0.4, 0.5) is 0 Å². The molecule has 1 spiro atoms. The van der Waals surface area contributed by atoms with Crippen LogP contribution in [0.1, 0.15) is 49.6 Å². The molecule has 1 aromatic heterocycles. The van der Waals surface area contributed by atoms with Gasteiger partial charge in [0, 0.05) is 31.3 Å². The van der Waals surface area contributed by atoms with Crippen LogP contribution in [0.5, 0.6) is 0 Å². The van der Waals surface area contributed by atoms with E-state index < -0.39 is 0 Å². The number of likely N-dealkylation sites (tertiary alicyclic amines) is 2. The minimum Gasteiger partial charge on any atom is -0.396 e. The van der Waals surface area contributed by atoms with Crippen LogP contribution in [0.25, 0.3) is 0 Å². The molecule has 1 aromatic rings. The summed E-state index contributed by atoms with van der Waals surface area (Å²) in [4.78, 5) is 17.4. The minimum atomic E-state index is 0.123. The van der Waals surface area contributed by atoms with E-state index in [0.717, 1.165) is 55.8 Å². The Morgan fingerprint density at radius 1 is 1.19 bits per heavy atom. The molecule has 2 saturated heterocycles. The van der Waals surface area contributed by atoms with Crippen molar-refractivity contribution in [2.24, 2.45) is 11.3 Å². The molecule has 6 heteroatoms. The van der Waals surface area contributed by atoms with Crippen LogP contribution in [0.15, 0.2) is 0 Å². The highest BCUT2D eigenvalue weighted by Crippen LogP contribution is 2.45. The zero-order valence-corrected chi connectivity index (χ0v) is 17.5. The summed E-state index contributed by atoms with van der Waals surface area (Å²) >= 11 is 0. The first-order chi connectivity index (χ1) is 12.9. The Hall–Kier alpha value is -1.40. The first-order valence-corrected chi connectivity index (χ1v) is 10.5. The van der Waals surface area contributed by atoms with Crippen LogP contribution in [0.2, 0.25) is 0 Å². The number of nitrogens with zero attached hydrogens (tertiary/aromatic N) is 4. The molecule has 3 heterocycles. The topological polar surface area (TPSA) is 61.6 Å². The molecule has 0 bridgehead atoms. The fraction of sp³-hybridized carbons (Fsp3) is 0.810. The van der Waals surface area contributed by atoms with Crippen molar-refractivity contribution in [2.75, 3.05) is 39.3 Å². The fourth-order valence-electron chi connectivity index (χ4n) is 4.96. The number of aryl methyl sites for hydroxylation is 1. The van der Waals surface area contributed by atoms with Gasteiger partial charge in [0.05, 0.1) is 5.69 Å². The number of carbonyl (C=O) groups is 1. The zero-order valence-electron chi connectivity index (χ0n) is 17.5. The molecule has 0 saturated carbocycles. The van der Waals surface area contributed by atoms with Crippen molar-refractivity contribution in [2.45, 2.75) is 59.9 Å². The molecule has 3 rings (SSSR count). The Kier molecular flexibility index (Phi) is 6.26. The molecule has 2 aliphatic heterocycles. The summed E-state index contributed by atoms with van der Waals surface area (Å²) in [6, 6.07) is 0. The Labute approximate surface area is 163 Å². The number of amides is 1. The molecule has 1 atom stereocenters. The molecule has 6 nitrogen and oxygen atoms in total. The molecule has 0 aromatic carbocycles. The predicted octanol–water partition coefficient (Wildman–Crippen LogP) is 2.14. The van der Waals surface area contributed by atoms with Gasteiger partial charge in [-0.1, -0.05) is 6.92 Å². The van der Waals surface area contributed by atoms with Crippen LogP contribution in [-0.2, 0) is 11.3 Å². The Balaban J connectivity index is 1.62. The summed E-state index contributed by atoms with van der Waals surface area (Å²) in [5.74, 6) is 0.318. The smallest absolute Gasteiger partial charge is 0.244 e. The van der Waals surface area contributed by atoms with E-state index in [2.05, 4.69) is 23.8 Å². The first-order valence-electron chi connectivity index (χ1n) is 10.5. The van der Waals surface area contributed by atoms with Gasteiger partial charge < -0.3 is 14.9 Å². The maximum atomic E-state index is 12.9. The molecular weight excluding hydrogens is 340 g/mol. The molecular formula is C21H36N4O2. The summed E-state index contributed by atoms with van der Waals surface area (Å²) in [7, 11) is 0. The zero-order chi connectivity index (χ0) is 19.6. The predicted molar refractivity (Wildman–Crippen MR) is 107 cm³/mol. The van der Waals surface area contributed by atoms with Crippen LogP contribution in [0, 0.1) is 32.1 Å². The lowest BCUT2D eigenvalue weighted by atomic mass is 9.64. The molecule has 27 heavy (non-hydrogen) atoms. The summed E-state index contributed by atoms with van der Waals surface area (Å²) in [5.41, 5.74) is 3.43. The average Bonchev–Trinajstić information content (AvgIpc) is 2.91. The largest absolute Gasteiger partial charge is 0.396 e. The molecule has 0 radical (unpaired) electrons. The normalized spacial score (nSPS) is 23.1. The minimum absolute atomic E-state index is 0.123. The fourth-order valence-corrected chi connectivity index (χ4v) is 4.96. The van der Waals surface area contributed by atoms with Gasteiger partial charge in [0.15, 0.2) is 0 Å². The lowest BCUT2D eigenvalue weighted by Gasteiger charge is -2.51. The second-order valence-electron chi connectivity index (χ2n) is 8.63. The SMILES string of the molecule is CCCN1CCC2(CC1)CCN(C(=O)Cn1nc(C)c(C)c1C)CC2CO. The van der Waals surface area contributed by atoms with Crippen molar-refractivity contribution in [1.29, 1.82) is 0 Å². The van der Waals surface area contributed by atoms with Crippen LogP contribution in [-0.4, -0.2) is 69.9 Å². The summed E-state index contributed by atoms with van der Waals surface area (Å²) < 4.78 is 1.83. The summed E-state index contributed by atoms with van der Waals surface area (Å²) in [6.45, 7) is 13.7. The monoisotopic (exact) mass is 376 g/mol. The lowest BCUT2D eigenvalue weighted by molar-refractivity contribution is -0.138. The average molecular weight is 377 g/mol. The van der Waals surface area contributed by atoms with Crippen LogP contribution in [0.3, 0.4) is 0 Å². The highest BCUT2D eigenvalue weighted by Gasteiger charge is 2.45. The van der Waals surface area contributed by atoms with E-state index in [9.17, 15) is 9.90 Å². The van der Waals surface area contributed by atoms with Crippen molar-refractivity contribution in [3.05, 3.63) is 17.0 Å². The molecule has 1 N–H and O–H groups in total. The van der Waals surface area contributed by atoms with Gasteiger partial charge in [-0.2, -0.15) is 5.10 Å². The van der Waals surface area contributed by atoms with Crippen LogP contribution < -0.4 is 0 Å². The van der Waals surface area contributed by atoms with Gasteiger partial charge in [-0.15, -0.1) is 0 Å². The first kappa shape index (κ1) is 20.3. The summed E-state index contributed by atoms with van der Waals surface area (Å²) in [6.07, 6.45) is 4.51. The second-order valence-corrected chi connectivity index (χ2v) is 8.63. The molecule has 2 fully saturated rings. The van der Waals surface area contributed by atoms with Crippen molar-refractivity contribution in [1.82, 2.24) is 19.6 Å². The van der Waals surface area contributed by atoms with Crippen LogP contribution >= 0.6 is 0 Å². The third-order valence-electron chi connectivity index (χ3n) is 7.18. The van der Waals surface area contributed by atoms with Gasteiger partial charge in [0.2, 0.25) is 5.91 Å². The number of hydrogen-bond donors (Lipinski definition) is 1. The Morgan fingerprint density at radius 3 is 2.41 bits per heavy atom. The van der Waals surface area contributed by atoms with Gasteiger partial charge in [-0.25, -0.2) is 0 Å². The number of hydrogen-bond acceptors (Lipinski definition) is 4. The van der Waals surface area contributed by atoms with Crippen molar-refractivity contribution < 1.29 is 9.90 Å². The number of rotatable bonds is 5. The lowest BCUT2D eigenvalue weighted by Crippen LogP contribution is -2.55. The standard InChI is InChI=1S/C21H36N4O2/c1-5-9-23-10-6-21(7-11-23)8-12-24(13-19(21)15-26)20(27)14-25-18(4)16(2)17(3)22-25/h19,26H,5-15H2,1-4H3. The third kappa shape index (κ3) is 4.06. The van der Waals surface area contributed by atoms with Gasteiger partial charge in [-0.05, 0) is 77.1 Å². The summed E-state index contributed by atoms with van der Waals surface area (Å²) in [5, 5.41) is 14.6. The van der Waals surface area contributed by atoms with E-state index in [4.69, 9.17) is 0 Å². The van der Waals surface area contributed by atoms with E-state index >= 15 is 0 Å². The Bertz CT molecular complexity index is 661. The van der Waals surface area contributed by atoms with Gasteiger partial charge in [0.25, 0.3) is 0 Å². The molecule has 1 amide bonds. The van der Waals surface area contributed by atoms with Gasteiger partial charge in [-0.3, -0.25) is 9.48 Å². The van der Waals surface area contributed by atoms with E-state index in [-0.39, 0.29) is 23.8 Å². The van der Waals surface area contributed by atoms with E-state index in [1.807, 2.05) is 23.4 Å². The quantitative estimate of drug-likeness (QED) is 0.855. The molecule has 1 unspecified atom stereocenters. The van der Waals surface area contributed by atoms with Crippen molar-refractivity contribution in [3.8, 4) is 0 Å². The van der Waals surface area contributed by atoms with E-state index in [1.165, 1.54) is 13.0 Å². The molecule has 152 valence electrons. The van der Waals surface area contributed by atoms with Gasteiger partial charge in [0.1, 0.15) is 6.54 Å². The number of carbonyl (C=O) groups excluding carboxylic acids is 1.